The van der Waals surface area contributed by atoms with E-state index in [0.29, 0.717) is 26.7 Å². The topological polar surface area (TPSA) is 65.3 Å². The summed E-state index contributed by atoms with van der Waals surface area (Å²) in [4.78, 5) is 14.8. The highest BCUT2D eigenvalue weighted by atomic mass is 79.9. The number of hydrogen-bond donors (Lipinski definition) is 0. The number of nitro groups is 1. The van der Waals surface area contributed by atoms with Crippen molar-refractivity contribution in [3.05, 3.63) is 38.5 Å². The van der Waals surface area contributed by atoms with Crippen molar-refractivity contribution < 1.29 is 9.66 Å². The van der Waals surface area contributed by atoms with Crippen molar-refractivity contribution in [2.45, 2.75) is 6.92 Å². The molecule has 0 unspecified atom stereocenters. The second-order valence-corrected chi connectivity index (χ2v) is 4.37. The molecule has 0 saturated heterocycles. The average molecular weight is 297 g/mol. The quantitative estimate of drug-likeness (QED) is 0.630. The molecule has 0 radical (unpaired) electrons. The normalized spacial score (nSPS) is 10.5. The first-order valence-electron chi connectivity index (χ1n) is 4.82. The summed E-state index contributed by atoms with van der Waals surface area (Å²) in [5.74, 6) is 0.532. The Morgan fingerprint density at radius 1 is 1.53 bits per heavy atom. The fraction of sp³-hybridized carbons (Fsp3) is 0.182. The molecule has 1 aromatic heterocycles. The summed E-state index contributed by atoms with van der Waals surface area (Å²) in [5, 5.41) is 11.6. The van der Waals surface area contributed by atoms with Gasteiger partial charge in [0.25, 0.3) is 5.69 Å². The van der Waals surface area contributed by atoms with Crippen molar-refractivity contribution in [2.75, 3.05) is 7.11 Å². The lowest BCUT2D eigenvalue weighted by atomic mass is 10.1. The Hall–Kier alpha value is -1.69. The van der Waals surface area contributed by atoms with Gasteiger partial charge in [-0.3, -0.25) is 15.1 Å². The Balaban J connectivity index is 3.00. The van der Waals surface area contributed by atoms with Crippen LogP contribution in [0.4, 0.5) is 5.69 Å². The molecule has 0 N–H and O–H groups in total. The summed E-state index contributed by atoms with van der Waals surface area (Å²) in [7, 11) is 1.52. The van der Waals surface area contributed by atoms with E-state index in [2.05, 4.69) is 20.9 Å². The zero-order valence-electron chi connectivity index (χ0n) is 9.23. The molecule has 0 fully saturated rings. The van der Waals surface area contributed by atoms with Gasteiger partial charge in [-0.1, -0.05) is 0 Å². The summed E-state index contributed by atoms with van der Waals surface area (Å²) in [6.07, 6.45) is 1.58. The monoisotopic (exact) mass is 296 g/mol. The standard InChI is InChI=1S/C11H9BrN2O3/c1-6-5-8(17-2)10-9(11(6)14(15)16)7(12)3-4-13-10/h3-5H,1-2H3. The number of aryl methyl sites for hydroxylation is 1. The Labute approximate surface area is 106 Å². The van der Waals surface area contributed by atoms with Gasteiger partial charge in [0, 0.05) is 16.2 Å². The molecular formula is C11H9BrN2O3. The van der Waals surface area contributed by atoms with Crippen molar-refractivity contribution in [2.24, 2.45) is 0 Å². The van der Waals surface area contributed by atoms with Crippen LogP contribution >= 0.6 is 15.9 Å². The van der Waals surface area contributed by atoms with Crippen LogP contribution in [0.2, 0.25) is 0 Å². The lowest BCUT2D eigenvalue weighted by molar-refractivity contribution is -0.383. The molecule has 1 aromatic carbocycles. The average Bonchev–Trinajstić information content (AvgIpc) is 2.28. The molecule has 0 aliphatic rings. The zero-order chi connectivity index (χ0) is 12.6. The molecule has 0 atom stereocenters. The van der Waals surface area contributed by atoms with E-state index >= 15 is 0 Å². The largest absolute Gasteiger partial charge is 0.494 e. The van der Waals surface area contributed by atoms with Gasteiger partial charge in [-0.2, -0.15) is 0 Å². The zero-order valence-corrected chi connectivity index (χ0v) is 10.8. The third-order valence-electron chi connectivity index (χ3n) is 2.49. The van der Waals surface area contributed by atoms with E-state index in [1.54, 1.807) is 25.3 Å². The summed E-state index contributed by atoms with van der Waals surface area (Å²) >= 11 is 3.31. The van der Waals surface area contributed by atoms with Gasteiger partial charge >= 0.3 is 0 Å². The van der Waals surface area contributed by atoms with Gasteiger partial charge in [-0.05, 0) is 35.0 Å². The number of halogens is 1. The van der Waals surface area contributed by atoms with Gasteiger partial charge in [-0.25, -0.2) is 0 Å². The van der Waals surface area contributed by atoms with Gasteiger partial charge in [0.05, 0.1) is 17.4 Å². The first kappa shape index (κ1) is 11.8. The lowest BCUT2D eigenvalue weighted by Crippen LogP contribution is -1.97. The van der Waals surface area contributed by atoms with E-state index in [9.17, 15) is 10.1 Å². The van der Waals surface area contributed by atoms with Crippen LogP contribution < -0.4 is 4.74 Å². The highest BCUT2D eigenvalue weighted by Crippen LogP contribution is 2.38. The van der Waals surface area contributed by atoms with Gasteiger partial charge in [-0.15, -0.1) is 0 Å². The minimum atomic E-state index is -0.399. The Kier molecular flexibility index (Phi) is 2.97. The van der Waals surface area contributed by atoms with E-state index in [1.165, 1.54) is 7.11 Å². The SMILES string of the molecule is COc1cc(C)c([N+](=O)[O-])c2c(Br)ccnc12. The number of fused-ring (bicyclic) bond motifs is 1. The summed E-state index contributed by atoms with van der Waals surface area (Å²) in [5.41, 5.74) is 1.09. The Bertz CT molecular complexity index is 613. The highest BCUT2D eigenvalue weighted by Gasteiger charge is 2.21. The van der Waals surface area contributed by atoms with E-state index < -0.39 is 4.92 Å². The van der Waals surface area contributed by atoms with Crippen LogP contribution in [0.1, 0.15) is 5.56 Å². The van der Waals surface area contributed by atoms with Gasteiger partial charge < -0.3 is 4.74 Å². The molecule has 2 rings (SSSR count). The molecule has 0 spiro atoms. The number of ether oxygens (including phenoxy) is 1. The van der Waals surface area contributed by atoms with Crippen LogP contribution in [0.15, 0.2) is 22.8 Å². The number of nitrogens with zero attached hydrogens (tertiary/aromatic N) is 2. The van der Waals surface area contributed by atoms with Gasteiger partial charge in [0.2, 0.25) is 0 Å². The van der Waals surface area contributed by atoms with Gasteiger partial charge in [0.1, 0.15) is 11.3 Å². The predicted molar refractivity (Wildman–Crippen MR) is 67.4 cm³/mol. The van der Waals surface area contributed by atoms with Crippen LogP contribution in [0.25, 0.3) is 10.9 Å². The lowest BCUT2D eigenvalue weighted by Gasteiger charge is -2.08. The number of aromatic nitrogens is 1. The molecule has 17 heavy (non-hydrogen) atoms. The fourth-order valence-corrected chi connectivity index (χ4v) is 2.27. The summed E-state index contributed by atoms with van der Waals surface area (Å²) in [6, 6.07) is 3.30. The second kappa shape index (κ2) is 4.29. The van der Waals surface area contributed by atoms with Crippen LogP contribution in [0.3, 0.4) is 0 Å². The van der Waals surface area contributed by atoms with Crippen molar-refractivity contribution in [3.8, 4) is 5.75 Å². The molecule has 0 saturated carbocycles. The maximum atomic E-state index is 11.1. The molecule has 5 nitrogen and oxygen atoms in total. The first-order chi connectivity index (χ1) is 8.06. The van der Waals surface area contributed by atoms with Crippen LogP contribution in [0.5, 0.6) is 5.75 Å². The molecule has 0 aliphatic carbocycles. The number of benzene rings is 1. The molecule has 0 bridgehead atoms. The molecular weight excluding hydrogens is 288 g/mol. The van der Waals surface area contributed by atoms with E-state index in [-0.39, 0.29) is 5.69 Å². The van der Waals surface area contributed by atoms with E-state index in [0.717, 1.165) is 0 Å². The molecule has 2 aromatic rings. The molecule has 0 aliphatic heterocycles. The maximum Gasteiger partial charge on any atom is 0.283 e. The number of hydrogen-bond acceptors (Lipinski definition) is 4. The minimum Gasteiger partial charge on any atom is -0.494 e. The van der Waals surface area contributed by atoms with Crippen molar-refractivity contribution in [1.82, 2.24) is 4.98 Å². The Morgan fingerprint density at radius 3 is 2.82 bits per heavy atom. The van der Waals surface area contributed by atoms with E-state index in [1.807, 2.05) is 0 Å². The molecule has 88 valence electrons. The summed E-state index contributed by atoms with van der Waals surface area (Å²) in [6.45, 7) is 1.68. The number of nitro benzene ring substituents is 1. The van der Waals surface area contributed by atoms with Crippen molar-refractivity contribution in [3.63, 3.8) is 0 Å². The van der Waals surface area contributed by atoms with Crippen molar-refractivity contribution in [1.29, 1.82) is 0 Å². The molecule has 0 amide bonds. The maximum absolute atomic E-state index is 11.1. The molecule has 6 heteroatoms. The fourth-order valence-electron chi connectivity index (χ4n) is 1.77. The van der Waals surface area contributed by atoms with E-state index in [4.69, 9.17) is 4.74 Å². The van der Waals surface area contributed by atoms with Crippen molar-refractivity contribution >= 4 is 32.5 Å². The van der Waals surface area contributed by atoms with Crippen LogP contribution in [-0.4, -0.2) is 17.0 Å². The predicted octanol–water partition coefficient (Wildman–Crippen LogP) is 3.22. The first-order valence-corrected chi connectivity index (χ1v) is 5.61. The van der Waals surface area contributed by atoms with Crippen LogP contribution in [0, 0.1) is 17.0 Å². The number of pyridine rings is 1. The third kappa shape index (κ3) is 1.84. The highest BCUT2D eigenvalue weighted by molar-refractivity contribution is 9.10. The molecule has 1 heterocycles. The summed E-state index contributed by atoms with van der Waals surface area (Å²) < 4.78 is 5.83. The minimum absolute atomic E-state index is 0.0563. The number of methoxy groups -OCH3 is 1. The second-order valence-electron chi connectivity index (χ2n) is 3.52. The third-order valence-corrected chi connectivity index (χ3v) is 3.15. The van der Waals surface area contributed by atoms with Crippen LogP contribution in [-0.2, 0) is 0 Å². The van der Waals surface area contributed by atoms with Gasteiger partial charge in [0.15, 0.2) is 0 Å². The Morgan fingerprint density at radius 2 is 2.24 bits per heavy atom. The smallest absolute Gasteiger partial charge is 0.283 e. The number of rotatable bonds is 2.